The number of ether oxygens (including phenoxy) is 2. The van der Waals surface area contributed by atoms with Gasteiger partial charge in [0.05, 0.1) is 6.61 Å². The van der Waals surface area contributed by atoms with E-state index in [1.54, 1.807) is 6.92 Å². The Balaban J connectivity index is 0.00000324. The molecule has 1 amide bonds. The molecular weight excluding hydrogens is 484 g/mol. The number of aromatic nitrogens is 4. The summed E-state index contributed by atoms with van der Waals surface area (Å²) in [5.74, 6) is -0.775. The van der Waals surface area contributed by atoms with Crippen LogP contribution in [0.4, 0.5) is 5.82 Å². The molecule has 5 atom stereocenters. The number of anilines is 1. The molecule has 0 radical (unpaired) electrons. The molecule has 2 aromatic rings. The number of rotatable bonds is 7. The van der Waals surface area contributed by atoms with Gasteiger partial charge in [-0.25, -0.2) is 23.9 Å². The van der Waals surface area contributed by atoms with Gasteiger partial charge in [-0.2, -0.15) is 0 Å². The van der Waals surface area contributed by atoms with Crippen LogP contribution < -0.4 is 40.6 Å². The van der Waals surface area contributed by atoms with Crippen LogP contribution in [-0.4, -0.2) is 61.2 Å². The summed E-state index contributed by atoms with van der Waals surface area (Å²) in [6, 6.07) is 0. The van der Waals surface area contributed by atoms with Crippen LogP contribution in [0.1, 0.15) is 45.8 Å². The first-order chi connectivity index (χ1) is 15.7. The third kappa shape index (κ3) is 5.44. The monoisotopic (exact) mass is 508 g/mol. The van der Waals surface area contributed by atoms with Crippen LogP contribution in [-0.2, 0) is 32.7 Å². The van der Waals surface area contributed by atoms with Gasteiger partial charge in [0.2, 0.25) is 5.91 Å². The Morgan fingerprint density at radius 2 is 2.06 bits per heavy atom. The molecule has 0 saturated carbocycles. The summed E-state index contributed by atoms with van der Waals surface area (Å²) in [4.78, 5) is 57.7. The summed E-state index contributed by atoms with van der Waals surface area (Å²) in [7, 11) is -4.39. The predicted octanol–water partition coefficient (Wildman–Crippen LogP) is -2.01. The Hall–Kier alpha value is -1.64. The number of fused-ring (bicyclic) bond motifs is 2. The molecule has 34 heavy (non-hydrogen) atoms. The summed E-state index contributed by atoms with van der Waals surface area (Å²) < 4.78 is 34.4. The van der Waals surface area contributed by atoms with Crippen LogP contribution in [0.2, 0.25) is 0 Å². The molecule has 180 valence electrons. The van der Waals surface area contributed by atoms with Crippen LogP contribution in [0, 0.1) is 0 Å². The van der Waals surface area contributed by atoms with Gasteiger partial charge in [0.15, 0.2) is 23.8 Å². The summed E-state index contributed by atoms with van der Waals surface area (Å²) >= 11 is 0. The molecule has 2 fully saturated rings. The number of phosphoric ester groups is 1. The van der Waals surface area contributed by atoms with Gasteiger partial charge in [-0.3, -0.25) is 18.6 Å². The molecule has 16 heteroatoms. The quantitative estimate of drug-likeness (QED) is 0.213. The average molecular weight is 508 g/mol. The van der Waals surface area contributed by atoms with E-state index in [9.17, 15) is 23.8 Å². The van der Waals surface area contributed by atoms with E-state index >= 15 is 0 Å². The smallest absolute Gasteiger partial charge is 0.455 e. The fourth-order valence-corrected chi connectivity index (χ4v) is 4.72. The maximum absolute atomic E-state index is 12.9. The van der Waals surface area contributed by atoms with Gasteiger partial charge in [0, 0.05) is 12.8 Å². The fraction of sp³-hybridized carbons (Fsp3) is 0.611. The van der Waals surface area contributed by atoms with Gasteiger partial charge < -0.3 is 24.7 Å². The minimum absolute atomic E-state index is 0. The number of carbonyl (C=O) groups is 2. The molecule has 2 aliphatic rings. The number of phosphoric acid groups is 1. The largest absolute Gasteiger partial charge is 1.00 e. The Kier molecular flexibility index (Phi) is 8.69. The number of hydrogen-bond acceptors (Lipinski definition) is 10. The predicted molar refractivity (Wildman–Crippen MR) is 111 cm³/mol. The van der Waals surface area contributed by atoms with Crippen molar-refractivity contribution in [3.8, 4) is 0 Å². The molecule has 0 aliphatic carbocycles. The third-order valence-electron chi connectivity index (χ3n) is 5.16. The van der Waals surface area contributed by atoms with Crippen molar-refractivity contribution in [2.24, 2.45) is 0 Å². The fourth-order valence-electron chi connectivity index (χ4n) is 3.76. The van der Waals surface area contributed by atoms with Crippen molar-refractivity contribution in [2.45, 2.75) is 64.1 Å². The summed E-state index contributed by atoms with van der Waals surface area (Å²) in [5, 5.41) is 2.62. The number of hydrogen-bond donors (Lipinski definition) is 3. The molecule has 4 rings (SSSR count). The van der Waals surface area contributed by atoms with E-state index in [2.05, 4.69) is 20.3 Å². The van der Waals surface area contributed by atoms with E-state index in [0.29, 0.717) is 12.8 Å². The Bertz CT molecular complexity index is 1170. The van der Waals surface area contributed by atoms with Crippen molar-refractivity contribution in [3.63, 3.8) is 0 Å². The minimum atomic E-state index is -4.39. The van der Waals surface area contributed by atoms with E-state index < -0.39 is 44.0 Å². The topological polar surface area (TPSA) is 184 Å². The molecule has 2 aromatic heterocycles. The minimum Gasteiger partial charge on any atom is -0.455 e. The maximum Gasteiger partial charge on any atom is 1.00 e. The molecular formula is C18H24N5NaO9P+. The van der Waals surface area contributed by atoms with E-state index in [0.717, 1.165) is 10.9 Å². The molecule has 5 unspecified atom stereocenters. The maximum atomic E-state index is 12.9. The van der Waals surface area contributed by atoms with Crippen molar-refractivity contribution in [3.05, 3.63) is 16.8 Å². The number of nitrogens with zero attached hydrogens (tertiary/aromatic N) is 3. The summed E-state index contributed by atoms with van der Waals surface area (Å²) in [5.41, 5.74) is -0.450. The number of esters is 1. The Morgan fingerprint density at radius 1 is 1.32 bits per heavy atom. The number of amides is 1. The molecule has 0 bridgehead atoms. The average Bonchev–Trinajstić information content (AvgIpc) is 3.25. The molecule has 4 heterocycles. The number of aromatic amines is 1. The first-order valence-corrected chi connectivity index (χ1v) is 12.0. The van der Waals surface area contributed by atoms with Crippen molar-refractivity contribution in [1.29, 1.82) is 0 Å². The Morgan fingerprint density at radius 3 is 2.76 bits per heavy atom. The van der Waals surface area contributed by atoms with E-state index in [1.807, 2.05) is 6.92 Å². The number of carbonyl (C=O) groups excluding carboxylic acids is 2. The summed E-state index contributed by atoms with van der Waals surface area (Å²) in [6.45, 7) is 3.33. The van der Waals surface area contributed by atoms with Crippen molar-refractivity contribution in [1.82, 2.24) is 19.5 Å². The Labute approximate surface area is 215 Å². The zero-order valence-electron chi connectivity index (χ0n) is 18.9. The van der Waals surface area contributed by atoms with Gasteiger partial charge in [0.1, 0.15) is 24.1 Å². The van der Waals surface area contributed by atoms with Crippen molar-refractivity contribution in [2.75, 3.05) is 11.9 Å². The second kappa shape index (κ2) is 11.0. The zero-order valence-corrected chi connectivity index (χ0v) is 21.8. The first-order valence-electron chi connectivity index (χ1n) is 10.5. The second-order valence-electron chi connectivity index (χ2n) is 7.62. The summed E-state index contributed by atoms with van der Waals surface area (Å²) in [6.07, 6.45) is -1.86. The van der Waals surface area contributed by atoms with Gasteiger partial charge in [-0.15, -0.1) is 0 Å². The van der Waals surface area contributed by atoms with E-state index in [-0.39, 0.29) is 71.9 Å². The first kappa shape index (κ1) is 27.0. The van der Waals surface area contributed by atoms with Gasteiger partial charge in [-0.1, -0.05) is 13.8 Å². The molecule has 3 N–H and O–H groups in total. The normalized spacial score (nSPS) is 28.2. The van der Waals surface area contributed by atoms with Crippen LogP contribution in [0.25, 0.3) is 11.2 Å². The molecule has 14 nitrogen and oxygen atoms in total. The van der Waals surface area contributed by atoms with E-state index in [4.69, 9.17) is 18.5 Å². The SMILES string of the molecule is CCCC(=O)Nc1ncnc2c1[nH]c(=O)n2C1OC2COP(=O)(O)OC2C1OC(=O)CCC.[Na+]. The van der Waals surface area contributed by atoms with Crippen LogP contribution in [0.15, 0.2) is 11.1 Å². The molecule has 0 spiro atoms. The van der Waals surface area contributed by atoms with Gasteiger partial charge in [0.25, 0.3) is 0 Å². The van der Waals surface area contributed by atoms with Gasteiger partial charge in [-0.05, 0) is 12.8 Å². The third-order valence-corrected chi connectivity index (χ3v) is 6.14. The molecule has 2 aliphatic heterocycles. The number of imidazole rings is 1. The van der Waals surface area contributed by atoms with Crippen LogP contribution >= 0.6 is 7.82 Å². The van der Waals surface area contributed by atoms with Crippen molar-refractivity contribution < 1.29 is 67.1 Å². The van der Waals surface area contributed by atoms with E-state index in [1.165, 1.54) is 0 Å². The molecule has 2 saturated heterocycles. The number of nitrogens with one attached hydrogen (secondary N) is 2. The zero-order chi connectivity index (χ0) is 23.8. The second-order valence-corrected chi connectivity index (χ2v) is 9.03. The van der Waals surface area contributed by atoms with Crippen LogP contribution in [0.3, 0.4) is 0 Å². The number of H-pyrrole nitrogens is 1. The van der Waals surface area contributed by atoms with Crippen LogP contribution in [0.5, 0.6) is 0 Å². The van der Waals surface area contributed by atoms with Gasteiger partial charge >= 0.3 is 49.0 Å². The molecule has 0 aromatic carbocycles. The standard InChI is InChI=1S/C18H24N5O9P.Na/c1-3-5-10(24)21-15-12-16(20-8-19-15)23(18(26)22-12)17-14(31-11(25)6-4-2)13-9(30-17)7-29-33(27,28)32-13;/h8-9,13-14,17H,3-7H2,1-2H3,(H,22,26)(H,27,28)(H,19,20,21,24);/q;+1. The van der Waals surface area contributed by atoms with Crippen molar-refractivity contribution >= 4 is 36.7 Å².